The van der Waals surface area contributed by atoms with Crippen LogP contribution in [0.3, 0.4) is 0 Å². The van der Waals surface area contributed by atoms with Crippen molar-refractivity contribution in [3.8, 4) is 0 Å². The Morgan fingerprint density at radius 2 is 2.18 bits per heavy atom. The van der Waals surface area contributed by atoms with Gasteiger partial charge >= 0.3 is 5.97 Å². The molecule has 0 bridgehead atoms. The fourth-order valence-corrected chi connectivity index (χ4v) is 0.480. The first-order chi connectivity index (χ1) is 4.70. The summed E-state index contributed by atoms with van der Waals surface area (Å²) in [6.45, 7) is 1.16. The van der Waals surface area contributed by atoms with E-state index in [1.807, 2.05) is 0 Å². The highest BCUT2D eigenvalue weighted by molar-refractivity contribution is 5.85. The Bertz CT molecular complexity index is 111. The molecule has 68 valence electrons. The summed E-state index contributed by atoms with van der Waals surface area (Å²) in [5, 5.41) is 0. The Hall–Kier alpha value is -0.380. The molecule has 1 unspecified atom stereocenters. The lowest BCUT2D eigenvalue weighted by atomic mass is 10.1. The summed E-state index contributed by atoms with van der Waals surface area (Å²) < 4.78 is 22.7. The molecular weight excluding hydrogens is 178 g/mol. The van der Waals surface area contributed by atoms with Gasteiger partial charge < -0.3 is 0 Å². The van der Waals surface area contributed by atoms with Crippen molar-refractivity contribution in [2.75, 3.05) is 6.67 Å². The van der Waals surface area contributed by atoms with Crippen LogP contribution < -0.4 is 0 Å². The summed E-state index contributed by atoms with van der Waals surface area (Å²) >= 11 is 0. The van der Waals surface area contributed by atoms with Gasteiger partial charge in [0.1, 0.15) is 0 Å². The predicted octanol–water partition coefficient (Wildman–Crippen LogP) is 2.22. The summed E-state index contributed by atoms with van der Waals surface area (Å²) in [5.74, 6) is -1.13. The van der Waals surface area contributed by atoms with Gasteiger partial charge in [-0.25, -0.2) is 4.79 Å². The first-order valence-corrected chi connectivity index (χ1v) is 3.08. The van der Waals surface area contributed by atoms with Gasteiger partial charge in [0.05, 0.1) is 6.67 Å². The highest BCUT2D eigenvalue weighted by atomic mass is 35.5. The molecule has 0 aromatic rings. The van der Waals surface area contributed by atoms with E-state index in [-0.39, 0.29) is 24.7 Å². The molecule has 0 aromatic carbocycles. The molecule has 0 aliphatic heterocycles. The van der Waals surface area contributed by atoms with Crippen LogP contribution >= 0.6 is 12.4 Å². The van der Waals surface area contributed by atoms with Gasteiger partial charge in [-0.05, 0) is 12.3 Å². The van der Waals surface area contributed by atoms with Crippen LogP contribution in [0.25, 0.3) is 0 Å². The van der Waals surface area contributed by atoms with Crippen LogP contribution in [0, 0.1) is 5.92 Å². The second-order valence-electron chi connectivity index (χ2n) is 2.25. The summed E-state index contributed by atoms with van der Waals surface area (Å²) in [6, 6.07) is 0. The van der Waals surface area contributed by atoms with Crippen LogP contribution in [0.15, 0.2) is 0 Å². The number of halogens is 3. The van der Waals surface area contributed by atoms with Crippen LogP contribution in [0.5, 0.6) is 0 Å². The molecule has 0 N–H and O–H groups in total. The molecule has 5 heteroatoms. The summed E-state index contributed by atoms with van der Waals surface area (Å²) in [6.07, 6.45) is 0.279. The Morgan fingerprint density at radius 1 is 1.64 bits per heavy atom. The lowest BCUT2D eigenvalue weighted by Gasteiger charge is -2.01. The number of carbonyl (C=O) groups excluding carboxylic acids is 1. The Labute approximate surface area is 70.2 Å². The van der Waals surface area contributed by atoms with E-state index in [4.69, 9.17) is 0 Å². The maximum atomic E-state index is 11.7. The van der Waals surface area contributed by atoms with Crippen molar-refractivity contribution >= 4 is 18.4 Å². The van der Waals surface area contributed by atoms with Crippen molar-refractivity contribution < 1.29 is 18.7 Å². The number of hydrogen-bond donors (Lipinski definition) is 0. The normalized spacial score (nSPS) is 11.5. The third kappa shape index (κ3) is 7.52. The second kappa shape index (κ2) is 7.72. The Morgan fingerprint density at radius 3 is 2.55 bits per heavy atom. The van der Waals surface area contributed by atoms with E-state index in [1.54, 1.807) is 6.92 Å². The monoisotopic (exact) mass is 188 g/mol. The minimum absolute atomic E-state index is 0. The van der Waals surface area contributed by atoms with Gasteiger partial charge in [-0.1, -0.05) is 6.92 Å². The van der Waals surface area contributed by atoms with E-state index in [0.29, 0.717) is 6.42 Å². The lowest BCUT2D eigenvalue weighted by molar-refractivity contribution is -0.183. The quantitative estimate of drug-likeness (QED) is 0.676. The van der Waals surface area contributed by atoms with Crippen molar-refractivity contribution in [2.24, 2.45) is 5.92 Å². The SMILES string of the molecule is CC(CF)CCC(=O)OF.Cl. The van der Waals surface area contributed by atoms with Crippen molar-refractivity contribution in [2.45, 2.75) is 19.8 Å². The molecule has 0 aliphatic carbocycles. The van der Waals surface area contributed by atoms with Crippen molar-refractivity contribution in [1.29, 1.82) is 0 Å². The molecule has 2 nitrogen and oxygen atoms in total. The summed E-state index contributed by atoms with van der Waals surface area (Å²) in [5.41, 5.74) is 0. The third-order valence-corrected chi connectivity index (χ3v) is 1.19. The largest absolute Gasteiger partial charge is 0.348 e. The standard InChI is InChI=1S/C6H10F2O2.ClH/c1-5(4-7)2-3-6(9)10-8;/h5H,2-4H2,1H3;1H. The molecule has 0 aromatic heterocycles. The van der Waals surface area contributed by atoms with Crippen molar-refractivity contribution in [3.05, 3.63) is 0 Å². The highest BCUT2D eigenvalue weighted by Gasteiger charge is 2.07. The van der Waals surface area contributed by atoms with E-state index in [0.717, 1.165) is 0 Å². The number of rotatable bonds is 4. The summed E-state index contributed by atoms with van der Waals surface area (Å²) in [4.78, 5) is 13.0. The lowest BCUT2D eigenvalue weighted by Crippen LogP contribution is -2.03. The van der Waals surface area contributed by atoms with Crippen molar-refractivity contribution in [3.63, 3.8) is 0 Å². The van der Waals surface area contributed by atoms with E-state index >= 15 is 0 Å². The average Bonchev–Trinajstić information content (AvgIpc) is 1.99. The Kier molecular flexibility index (Phi) is 9.29. The molecule has 0 radical (unpaired) electrons. The Balaban J connectivity index is 0. The van der Waals surface area contributed by atoms with E-state index in [9.17, 15) is 13.7 Å². The maximum absolute atomic E-state index is 11.7. The minimum Gasteiger partial charge on any atom is -0.255 e. The molecule has 0 heterocycles. The molecule has 0 fully saturated rings. The number of hydrogen-bond acceptors (Lipinski definition) is 2. The van der Waals surface area contributed by atoms with E-state index in [2.05, 4.69) is 4.94 Å². The van der Waals surface area contributed by atoms with Gasteiger partial charge in [0, 0.05) is 10.9 Å². The van der Waals surface area contributed by atoms with E-state index in [1.165, 1.54) is 0 Å². The van der Waals surface area contributed by atoms with Gasteiger partial charge in [-0.2, -0.15) is 0 Å². The third-order valence-electron chi connectivity index (χ3n) is 1.19. The van der Waals surface area contributed by atoms with Gasteiger partial charge in [-0.3, -0.25) is 9.33 Å². The zero-order valence-electron chi connectivity index (χ0n) is 6.18. The zero-order chi connectivity index (χ0) is 7.98. The molecule has 0 spiro atoms. The predicted molar refractivity (Wildman–Crippen MR) is 38.8 cm³/mol. The molecule has 11 heavy (non-hydrogen) atoms. The average molecular weight is 189 g/mol. The van der Waals surface area contributed by atoms with Gasteiger partial charge in [0.25, 0.3) is 0 Å². The van der Waals surface area contributed by atoms with Gasteiger partial charge in [0.15, 0.2) is 0 Å². The van der Waals surface area contributed by atoms with Crippen LogP contribution in [-0.2, 0) is 9.74 Å². The fourth-order valence-electron chi connectivity index (χ4n) is 0.480. The zero-order valence-corrected chi connectivity index (χ0v) is 7.00. The first kappa shape index (κ1) is 13.2. The van der Waals surface area contributed by atoms with E-state index < -0.39 is 12.6 Å². The second-order valence-corrected chi connectivity index (χ2v) is 2.25. The molecule has 0 saturated carbocycles. The molecule has 0 saturated heterocycles. The number of carbonyl (C=O) groups is 1. The molecule has 0 amide bonds. The van der Waals surface area contributed by atoms with Gasteiger partial charge in [-0.15, -0.1) is 12.4 Å². The van der Waals surface area contributed by atoms with Crippen LogP contribution in [0.1, 0.15) is 19.8 Å². The van der Waals surface area contributed by atoms with Crippen LogP contribution in [0.4, 0.5) is 8.92 Å². The molecular formula is C6H11ClF2O2. The van der Waals surface area contributed by atoms with Crippen LogP contribution in [0.2, 0.25) is 0 Å². The van der Waals surface area contributed by atoms with Crippen LogP contribution in [-0.4, -0.2) is 12.6 Å². The fraction of sp³-hybridized carbons (Fsp3) is 0.833. The summed E-state index contributed by atoms with van der Waals surface area (Å²) in [7, 11) is 0. The highest BCUT2D eigenvalue weighted by Crippen LogP contribution is 2.06. The minimum atomic E-state index is -0.930. The smallest absolute Gasteiger partial charge is 0.255 e. The molecule has 0 rings (SSSR count). The molecule has 0 aliphatic rings. The van der Waals surface area contributed by atoms with Gasteiger partial charge in [0.2, 0.25) is 0 Å². The maximum Gasteiger partial charge on any atom is 0.348 e. The number of alkyl halides is 1. The first-order valence-electron chi connectivity index (χ1n) is 3.08. The van der Waals surface area contributed by atoms with Crippen molar-refractivity contribution in [1.82, 2.24) is 0 Å². The topological polar surface area (TPSA) is 26.3 Å². The molecule has 1 atom stereocenters.